The molecule has 2 aliphatic carbocycles. The van der Waals surface area contributed by atoms with Crippen LogP contribution in [0, 0.1) is 0 Å². The lowest BCUT2D eigenvalue weighted by Crippen LogP contribution is -2.40. The number of nitrogens with zero attached hydrogens (tertiary/aromatic N) is 2. The van der Waals surface area contributed by atoms with Gasteiger partial charge in [0.2, 0.25) is 0 Å². The summed E-state index contributed by atoms with van der Waals surface area (Å²) in [6.45, 7) is 4.42. The summed E-state index contributed by atoms with van der Waals surface area (Å²) in [5.74, 6) is 0. The number of fused-ring (bicyclic) bond motifs is 12. The van der Waals surface area contributed by atoms with Crippen molar-refractivity contribution < 1.29 is 0 Å². The Hall–Kier alpha value is -6.64. The van der Waals surface area contributed by atoms with Gasteiger partial charge < -0.3 is 9.47 Å². The second-order valence-electron chi connectivity index (χ2n) is 14.6. The molecule has 1 aliphatic heterocycles. The zero-order valence-electron chi connectivity index (χ0n) is 29.3. The van der Waals surface area contributed by atoms with Gasteiger partial charge in [-0.25, -0.2) is 0 Å². The maximum Gasteiger partial charge on any atom is 0.0714 e. The topological polar surface area (TPSA) is 8.17 Å². The Morgan fingerprint density at radius 3 is 1.68 bits per heavy atom. The highest BCUT2D eigenvalue weighted by Crippen LogP contribution is 2.56. The first-order valence-corrected chi connectivity index (χ1v) is 18.5. The van der Waals surface area contributed by atoms with Gasteiger partial charge in [0.15, 0.2) is 0 Å². The Morgan fingerprint density at radius 1 is 0.472 bits per heavy atom. The van der Waals surface area contributed by atoms with Crippen LogP contribution in [0.25, 0.3) is 33.1 Å². The molecule has 2 heterocycles. The van der Waals surface area contributed by atoms with Crippen LogP contribution in [0.15, 0.2) is 189 Å². The van der Waals surface area contributed by atoms with E-state index in [0.717, 1.165) is 35.4 Å². The van der Waals surface area contributed by atoms with E-state index in [9.17, 15) is 0 Å². The van der Waals surface area contributed by atoms with E-state index >= 15 is 0 Å². The first kappa shape index (κ1) is 30.0. The molecule has 0 amide bonds. The van der Waals surface area contributed by atoms with E-state index in [0.29, 0.717) is 0 Å². The summed E-state index contributed by atoms with van der Waals surface area (Å²) in [4.78, 5) is 2.34. The number of benzene rings is 7. The van der Waals surface area contributed by atoms with Crippen LogP contribution in [0.2, 0.25) is 0 Å². The molecule has 0 radical (unpaired) electrons. The van der Waals surface area contributed by atoms with Gasteiger partial charge in [-0.3, -0.25) is 0 Å². The number of para-hydroxylation sites is 3. The van der Waals surface area contributed by atoms with Crippen LogP contribution in [-0.4, -0.2) is 4.57 Å². The Labute approximate surface area is 309 Å². The van der Waals surface area contributed by atoms with Crippen LogP contribution in [0.4, 0.5) is 11.4 Å². The van der Waals surface area contributed by atoms with Crippen molar-refractivity contribution >= 4 is 38.8 Å². The zero-order valence-corrected chi connectivity index (χ0v) is 29.3. The molecule has 1 aromatic heterocycles. The normalized spacial score (nSPS) is 18.0. The van der Waals surface area contributed by atoms with Gasteiger partial charge in [-0.1, -0.05) is 134 Å². The van der Waals surface area contributed by atoms with Crippen molar-refractivity contribution in [2.45, 2.75) is 18.3 Å². The summed E-state index contributed by atoms with van der Waals surface area (Å²) in [5, 5.41) is 2.55. The summed E-state index contributed by atoms with van der Waals surface area (Å²) in [6.07, 6.45) is 10.3. The molecule has 8 aromatic rings. The molecule has 1 spiro atoms. The summed E-state index contributed by atoms with van der Waals surface area (Å²) < 4.78 is 2.47. The molecule has 0 saturated heterocycles. The van der Waals surface area contributed by atoms with Crippen molar-refractivity contribution in [2.75, 3.05) is 4.90 Å². The van der Waals surface area contributed by atoms with Gasteiger partial charge in [-0.15, -0.1) is 0 Å². The van der Waals surface area contributed by atoms with Crippen molar-refractivity contribution in [2.24, 2.45) is 0 Å². The molecule has 2 nitrogen and oxygen atoms in total. The maximum absolute atomic E-state index is 4.42. The van der Waals surface area contributed by atoms with Gasteiger partial charge in [-0.05, 0) is 111 Å². The highest BCUT2D eigenvalue weighted by Gasteiger charge is 2.48. The maximum atomic E-state index is 4.42. The first-order valence-electron chi connectivity index (χ1n) is 18.5. The van der Waals surface area contributed by atoms with Gasteiger partial charge in [0.05, 0.1) is 22.1 Å². The summed E-state index contributed by atoms with van der Waals surface area (Å²) in [6, 6.07) is 59.0. The molecule has 1 unspecified atom stereocenters. The standard InChI is InChI=1S/C51H36N2/c1-34-14-12-13-29-52(48-22-9-4-17-41(34)48)39-27-25-37-30-35-15-2-7-20-44(35)51(46(37)32-39)45-21-8-3-16-36(45)31-38-26-28-40(33-47(38)51)53-49-23-10-5-18-42(49)43-19-6-11-24-50(43)53/h2-29,32-33H,1,30-31H2/b14-12-,29-13-. The highest BCUT2D eigenvalue weighted by atomic mass is 15.1. The first-order chi connectivity index (χ1) is 26.2. The van der Waals surface area contributed by atoms with Crippen molar-refractivity contribution in [3.63, 3.8) is 0 Å². The molecule has 250 valence electrons. The molecule has 0 saturated carbocycles. The minimum Gasteiger partial charge on any atom is -0.317 e. The van der Waals surface area contributed by atoms with E-state index in [-0.39, 0.29) is 0 Å². The predicted octanol–water partition coefficient (Wildman–Crippen LogP) is 12.2. The third-order valence-electron chi connectivity index (χ3n) is 11.9. The van der Waals surface area contributed by atoms with Crippen LogP contribution < -0.4 is 4.90 Å². The van der Waals surface area contributed by atoms with Crippen LogP contribution in [0.1, 0.15) is 50.1 Å². The minimum absolute atomic E-state index is 0.519. The van der Waals surface area contributed by atoms with E-state index < -0.39 is 5.41 Å². The van der Waals surface area contributed by atoms with Gasteiger partial charge in [0, 0.05) is 33.9 Å². The third-order valence-corrected chi connectivity index (χ3v) is 11.9. The minimum atomic E-state index is -0.519. The highest BCUT2D eigenvalue weighted by molar-refractivity contribution is 6.09. The van der Waals surface area contributed by atoms with Gasteiger partial charge in [0.25, 0.3) is 0 Å². The van der Waals surface area contributed by atoms with E-state index in [1.54, 1.807) is 0 Å². The molecule has 3 aliphatic rings. The number of hydrogen-bond donors (Lipinski definition) is 0. The van der Waals surface area contributed by atoms with Crippen molar-refractivity contribution in [3.8, 4) is 5.69 Å². The van der Waals surface area contributed by atoms with Crippen molar-refractivity contribution in [3.05, 3.63) is 239 Å². The molecule has 53 heavy (non-hydrogen) atoms. The fraction of sp³-hybridized carbons (Fsp3) is 0.0588. The molecule has 0 N–H and O–H groups in total. The van der Waals surface area contributed by atoms with Crippen molar-refractivity contribution in [1.82, 2.24) is 4.57 Å². The molecule has 2 heteroatoms. The summed E-state index contributed by atoms with van der Waals surface area (Å²) in [5.41, 5.74) is 18.5. The second kappa shape index (κ2) is 11.4. The largest absolute Gasteiger partial charge is 0.317 e. The van der Waals surface area contributed by atoms with E-state index in [1.165, 1.54) is 72.0 Å². The van der Waals surface area contributed by atoms with Crippen LogP contribution >= 0.6 is 0 Å². The lowest BCUT2D eigenvalue weighted by molar-refractivity contribution is 0.669. The predicted molar refractivity (Wildman–Crippen MR) is 221 cm³/mol. The number of hydrogen-bond acceptors (Lipinski definition) is 1. The summed E-state index contributed by atoms with van der Waals surface area (Å²) >= 11 is 0. The van der Waals surface area contributed by atoms with E-state index in [1.807, 2.05) is 0 Å². The molecular weight excluding hydrogens is 641 g/mol. The molecule has 1 atom stereocenters. The van der Waals surface area contributed by atoms with Gasteiger partial charge >= 0.3 is 0 Å². The zero-order chi connectivity index (χ0) is 35.1. The van der Waals surface area contributed by atoms with E-state index in [2.05, 4.69) is 198 Å². The van der Waals surface area contributed by atoms with E-state index in [4.69, 9.17) is 0 Å². The third kappa shape index (κ3) is 4.27. The number of anilines is 2. The molecule has 0 fully saturated rings. The average molecular weight is 677 g/mol. The van der Waals surface area contributed by atoms with Crippen LogP contribution in [0.3, 0.4) is 0 Å². The Morgan fingerprint density at radius 2 is 1.00 bits per heavy atom. The lowest BCUT2D eigenvalue weighted by atomic mass is 9.55. The number of allylic oxidation sites excluding steroid dienone is 4. The molecular formula is C51H36N2. The quantitative estimate of drug-likeness (QED) is 0.177. The number of aromatic nitrogens is 1. The SMILES string of the molecule is C=C1/C=C\C=C/N(c2ccc3c(c2)C2(c4ccccc4C3)c3ccccc3Cc3ccc(-n4c5ccccc5c5ccccc54)cc32)c2ccccc21. The van der Waals surface area contributed by atoms with Gasteiger partial charge in [-0.2, -0.15) is 0 Å². The monoisotopic (exact) mass is 676 g/mol. The molecule has 0 bridgehead atoms. The van der Waals surface area contributed by atoms with Crippen molar-refractivity contribution in [1.29, 1.82) is 0 Å². The fourth-order valence-electron chi connectivity index (χ4n) is 9.64. The summed E-state index contributed by atoms with van der Waals surface area (Å²) in [7, 11) is 0. The second-order valence-corrected chi connectivity index (χ2v) is 14.6. The molecule has 11 rings (SSSR count). The lowest BCUT2D eigenvalue weighted by Gasteiger charge is -2.47. The smallest absolute Gasteiger partial charge is 0.0714 e. The van der Waals surface area contributed by atoms with Crippen LogP contribution in [-0.2, 0) is 18.3 Å². The Kier molecular flexibility index (Phi) is 6.48. The van der Waals surface area contributed by atoms with Gasteiger partial charge in [0.1, 0.15) is 0 Å². The van der Waals surface area contributed by atoms with Crippen LogP contribution in [0.5, 0.6) is 0 Å². The Balaban J connectivity index is 1.23. The number of rotatable bonds is 2. The average Bonchev–Trinajstić information content (AvgIpc) is 3.54. The fourth-order valence-corrected chi connectivity index (χ4v) is 9.64. The molecule has 7 aromatic carbocycles. The Bertz CT molecular complexity index is 2790.